The van der Waals surface area contributed by atoms with E-state index in [-0.39, 0.29) is 21.6 Å². The molecule has 2 aliphatic rings. The quantitative estimate of drug-likeness (QED) is 0.706. The van der Waals surface area contributed by atoms with Gasteiger partial charge in [-0.15, -0.1) is 11.8 Å². The Kier molecular flexibility index (Phi) is 6.29. The molecule has 0 amide bonds. The molecule has 0 aromatic rings. The molecule has 2 fully saturated rings. The molecule has 0 saturated heterocycles. The van der Waals surface area contributed by atoms with E-state index in [4.69, 9.17) is 0 Å². The Labute approximate surface area is 141 Å². The van der Waals surface area contributed by atoms with Crippen LogP contribution >= 0.6 is 11.8 Å². The first-order chi connectivity index (χ1) is 11.2. The van der Waals surface area contributed by atoms with E-state index >= 15 is 0 Å². The fourth-order valence-corrected chi connectivity index (χ4v) is 5.17. The topological polar surface area (TPSA) is 95.2 Å². The van der Waals surface area contributed by atoms with Crippen molar-refractivity contribution in [3.63, 3.8) is 0 Å². The van der Waals surface area contributed by atoms with Crippen LogP contribution in [0.25, 0.3) is 0 Å². The predicted molar refractivity (Wildman–Crippen MR) is 88.6 cm³/mol. The third-order valence-electron chi connectivity index (χ3n) is 4.52. The Balaban J connectivity index is 2.29. The number of nitrogens with zero attached hydrogens (tertiary/aromatic N) is 4. The zero-order chi connectivity index (χ0) is 16.7. The summed E-state index contributed by atoms with van der Waals surface area (Å²) < 4.78 is 0. The van der Waals surface area contributed by atoms with Crippen LogP contribution in [0.2, 0.25) is 0 Å². The molecule has 2 unspecified atom stereocenters. The van der Waals surface area contributed by atoms with Gasteiger partial charge in [0.25, 0.3) is 0 Å². The molecule has 0 spiro atoms. The monoisotopic (exact) mass is 322 g/mol. The second-order valence-corrected chi connectivity index (χ2v) is 7.26. The molecule has 0 aromatic heterocycles. The largest absolute Gasteiger partial charge is 0.192 e. The second kappa shape index (κ2) is 8.43. The molecular weight excluding hydrogens is 304 g/mol. The third-order valence-corrected chi connectivity index (χ3v) is 6.22. The van der Waals surface area contributed by atoms with Crippen molar-refractivity contribution >= 4 is 11.8 Å². The molecule has 0 heterocycles. The molecule has 2 atom stereocenters. The second-order valence-electron chi connectivity index (χ2n) is 5.85. The lowest BCUT2D eigenvalue weighted by Gasteiger charge is -2.32. The van der Waals surface area contributed by atoms with Crippen molar-refractivity contribution in [3.8, 4) is 24.3 Å². The molecule has 2 saturated carbocycles. The number of hydrogen-bond acceptors (Lipinski definition) is 5. The van der Waals surface area contributed by atoms with Gasteiger partial charge >= 0.3 is 0 Å². The number of thioether (sulfide) groups is 1. The summed E-state index contributed by atoms with van der Waals surface area (Å²) in [5.41, 5.74) is 2.44. The van der Waals surface area contributed by atoms with Crippen LogP contribution in [0.15, 0.2) is 22.3 Å². The van der Waals surface area contributed by atoms with E-state index in [0.29, 0.717) is 0 Å². The Hall–Kier alpha value is -2.21. The van der Waals surface area contributed by atoms with Crippen LogP contribution in [0.5, 0.6) is 0 Å². The highest BCUT2D eigenvalue weighted by atomic mass is 32.2. The van der Waals surface area contributed by atoms with Gasteiger partial charge in [0.15, 0.2) is 0 Å². The number of allylic oxidation sites excluding steroid dienone is 2. The number of nitriles is 4. The van der Waals surface area contributed by atoms with Gasteiger partial charge in [-0.05, 0) is 49.7 Å². The normalized spacial score (nSPS) is 23.8. The Morgan fingerprint density at radius 1 is 0.696 bits per heavy atom. The maximum absolute atomic E-state index is 9.18. The summed E-state index contributed by atoms with van der Waals surface area (Å²) in [6.07, 6.45) is 7.78. The molecule has 23 heavy (non-hydrogen) atoms. The van der Waals surface area contributed by atoms with Crippen molar-refractivity contribution in [2.45, 2.75) is 61.9 Å². The minimum Gasteiger partial charge on any atom is -0.192 e. The summed E-state index contributed by atoms with van der Waals surface area (Å²) >= 11 is 1.76. The van der Waals surface area contributed by atoms with Crippen LogP contribution in [-0.2, 0) is 0 Å². The first kappa shape index (κ1) is 17.1. The minimum atomic E-state index is 0.162. The fourth-order valence-electron chi connectivity index (χ4n) is 3.37. The van der Waals surface area contributed by atoms with E-state index in [2.05, 4.69) is 0 Å². The summed E-state index contributed by atoms with van der Waals surface area (Å²) in [7, 11) is 0. The van der Waals surface area contributed by atoms with E-state index < -0.39 is 0 Å². The van der Waals surface area contributed by atoms with Crippen molar-refractivity contribution in [2.24, 2.45) is 0 Å². The smallest absolute Gasteiger partial charge is 0.129 e. The lowest BCUT2D eigenvalue weighted by molar-refractivity contribution is 0.588. The van der Waals surface area contributed by atoms with Crippen LogP contribution in [0.4, 0.5) is 0 Å². The van der Waals surface area contributed by atoms with E-state index in [0.717, 1.165) is 62.5 Å². The molecule has 2 aliphatic carbocycles. The van der Waals surface area contributed by atoms with Crippen LogP contribution < -0.4 is 0 Å². The van der Waals surface area contributed by atoms with Gasteiger partial charge in [-0.1, -0.05) is 12.8 Å². The van der Waals surface area contributed by atoms with Gasteiger partial charge in [0, 0.05) is 10.5 Å². The zero-order valence-electron chi connectivity index (χ0n) is 13.0. The Morgan fingerprint density at radius 2 is 1.09 bits per heavy atom. The van der Waals surface area contributed by atoms with Crippen LogP contribution in [0, 0.1) is 45.3 Å². The highest BCUT2D eigenvalue weighted by Gasteiger charge is 2.30. The van der Waals surface area contributed by atoms with Gasteiger partial charge in [-0.2, -0.15) is 21.0 Å². The summed E-state index contributed by atoms with van der Waals surface area (Å²) in [4.78, 5) is 0. The number of rotatable bonds is 2. The Bertz CT molecular complexity index is 598. The summed E-state index contributed by atoms with van der Waals surface area (Å²) in [5, 5.41) is 37.1. The standard InChI is InChI=1S/C18H18N4S/c19-9-13(10-20)15-5-1-3-7-17(15)23-18-8-4-2-6-16(18)14(11-21)12-22/h17-18H,1-8H2. The van der Waals surface area contributed by atoms with E-state index in [1.807, 2.05) is 24.3 Å². The predicted octanol–water partition coefficient (Wildman–Crippen LogP) is 4.29. The molecule has 116 valence electrons. The molecular formula is C18H18N4S. The van der Waals surface area contributed by atoms with Gasteiger partial charge in [0.05, 0.1) is 0 Å². The molecule has 0 radical (unpaired) electrons. The zero-order valence-corrected chi connectivity index (χ0v) is 13.8. The maximum atomic E-state index is 9.18. The van der Waals surface area contributed by atoms with Crippen molar-refractivity contribution in [3.05, 3.63) is 22.3 Å². The molecule has 5 heteroatoms. The molecule has 0 aromatic carbocycles. The first-order valence-electron chi connectivity index (χ1n) is 7.97. The lowest BCUT2D eigenvalue weighted by atomic mass is 9.90. The van der Waals surface area contributed by atoms with E-state index in [1.165, 1.54) is 0 Å². The van der Waals surface area contributed by atoms with Crippen molar-refractivity contribution in [1.82, 2.24) is 0 Å². The summed E-state index contributed by atoms with van der Waals surface area (Å²) in [6.45, 7) is 0. The van der Waals surface area contributed by atoms with Crippen LogP contribution in [0.1, 0.15) is 51.4 Å². The number of hydrogen-bond donors (Lipinski definition) is 0. The summed E-state index contributed by atoms with van der Waals surface area (Å²) in [6, 6.07) is 8.13. The molecule has 2 rings (SSSR count). The molecule has 4 nitrogen and oxygen atoms in total. The first-order valence-corrected chi connectivity index (χ1v) is 8.91. The van der Waals surface area contributed by atoms with E-state index in [1.54, 1.807) is 11.8 Å². The van der Waals surface area contributed by atoms with Gasteiger partial charge in [0.2, 0.25) is 0 Å². The average Bonchev–Trinajstić information content (AvgIpc) is 2.60. The minimum absolute atomic E-state index is 0.162. The van der Waals surface area contributed by atoms with Gasteiger partial charge < -0.3 is 0 Å². The molecule has 0 aliphatic heterocycles. The van der Waals surface area contributed by atoms with E-state index in [9.17, 15) is 21.0 Å². The SMILES string of the molecule is N#CC(C#N)=C1CCCCC1SC1CCCCC1=C(C#N)C#N. The molecule has 0 bridgehead atoms. The maximum Gasteiger partial charge on any atom is 0.129 e. The average molecular weight is 322 g/mol. The molecule has 0 N–H and O–H groups in total. The summed E-state index contributed by atoms with van der Waals surface area (Å²) in [5.74, 6) is 0. The van der Waals surface area contributed by atoms with Crippen molar-refractivity contribution < 1.29 is 0 Å². The highest BCUT2D eigenvalue weighted by Crippen LogP contribution is 2.43. The van der Waals surface area contributed by atoms with Gasteiger partial charge in [-0.25, -0.2) is 0 Å². The lowest BCUT2D eigenvalue weighted by Crippen LogP contribution is -2.22. The highest BCUT2D eigenvalue weighted by molar-refractivity contribution is 8.00. The third kappa shape index (κ3) is 3.96. The van der Waals surface area contributed by atoms with Gasteiger partial charge in [0.1, 0.15) is 35.4 Å². The van der Waals surface area contributed by atoms with Crippen molar-refractivity contribution in [1.29, 1.82) is 21.0 Å². The fraction of sp³-hybridized carbons (Fsp3) is 0.556. The van der Waals surface area contributed by atoms with Crippen LogP contribution in [0.3, 0.4) is 0 Å². The Morgan fingerprint density at radius 3 is 1.43 bits per heavy atom. The van der Waals surface area contributed by atoms with Gasteiger partial charge in [-0.3, -0.25) is 0 Å². The van der Waals surface area contributed by atoms with Crippen molar-refractivity contribution in [2.75, 3.05) is 0 Å². The van der Waals surface area contributed by atoms with Crippen LogP contribution in [-0.4, -0.2) is 10.5 Å².